The maximum atomic E-state index is 12.1. The summed E-state index contributed by atoms with van der Waals surface area (Å²) in [6.07, 6.45) is 0.155. The average Bonchev–Trinajstić information content (AvgIpc) is 2.30. The normalized spacial score (nSPS) is 10.6. The molecule has 0 heterocycles. The lowest BCUT2D eigenvalue weighted by atomic mass is 10.3. The Hall–Kier alpha value is -2.20. The van der Waals surface area contributed by atoms with E-state index in [0.29, 0.717) is 0 Å². The number of rotatable bonds is 5. The summed E-state index contributed by atoms with van der Waals surface area (Å²) in [6, 6.07) is 5.26. The molecule has 0 aliphatic rings. The smallest absolute Gasteiger partial charge is 0.404 e. The second-order valence-corrected chi connectivity index (χ2v) is 3.40. The van der Waals surface area contributed by atoms with Crippen molar-refractivity contribution >= 4 is 11.6 Å². The number of ether oxygens (including phenoxy) is 1. The van der Waals surface area contributed by atoms with E-state index in [1.807, 2.05) is 0 Å². The SMILES string of the molecule is C#CCNCC(=O)Nc1ccccc1OC(F)(F)F. The van der Waals surface area contributed by atoms with Crippen molar-refractivity contribution in [3.63, 3.8) is 0 Å². The zero-order chi connectivity index (χ0) is 14.3. The summed E-state index contributed by atoms with van der Waals surface area (Å²) in [5, 5.41) is 4.91. The number of para-hydroxylation sites is 2. The summed E-state index contributed by atoms with van der Waals surface area (Å²) in [7, 11) is 0. The van der Waals surface area contributed by atoms with Crippen molar-refractivity contribution < 1.29 is 22.7 Å². The van der Waals surface area contributed by atoms with Crippen LogP contribution in [0.1, 0.15) is 0 Å². The number of carbonyl (C=O) groups is 1. The number of hydrogen-bond acceptors (Lipinski definition) is 3. The predicted molar refractivity (Wildman–Crippen MR) is 63.5 cm³/mol. The fourth-order valence-electron chi connectivity index (χ4n) is 1.23. The van der Waals surface area contributed by atoms with Crippen molar-refractivity contribution in [2.24, 2.45) is 0 Å². The third kappa shape index (κ3) is 5.79. The zero-order valence-electron chi connectivity index (χ0n) is 9.75. The molecule has 0 atom stereocenters. The molecule has 0 bridgehead atoms. The van der Waals surface area contributed by atoms with Gasteiger partial charge in [-0.1, -0.05) is 18.1 Å². The Labute approximate surface area is 107 Å². The second-order valence-electron chi connectivity index (χ2n) is 3.40. The minimum atomic E-state index is -4.82. The van der Waals surface area contributed by atoms with Crippen molar-refractivity contribution in [3.8, 4) is 18.1 Å². The molecule has 0 saturated carbocycles. The monoisotopic (exact) mass is 272 g/mol. The number of alkyl halides is 3. The Morgan fingerprint density at radius 1 is 1.37 bits per heavy atom. The van der Waals surface area contributed by atoms with Crippen LogP contribution in [0.25, 0.3) is 0 Å². The van der Waals surface area contributed by atoms with Gasteiger partial charge in [0.25, 0.3) is 0 Å². The molecule has 1 amide bonds. The molecule has 0 aromatic heterocycles. The van der Waals surface area contributed by atoms with Gasteiger partial charge >= 0.3 is 6.36 Å². The van der Waals surface area contributed by atoms with Gasteiger partial charge < -0.3 is 10.1 Å². The van der Waals surface area contributed by atoms with Crippen LogP contribution in [0.2, 0.25) is 0 Å². The standard InChI is InChI=1S/C12H11F3N2O2/c1-2-7-16-8-11(18)17-9-5-3-4-6-10(9)19-12(13,14)15/h1,3-6,16H,7-8H2,(H,17,18). The Morgan fingerprint density at radius 2 is 2.05 bits per heavy atom. The number of benzene rings is 1. The third-order valence-electron chi connectivity index (χ3n) is 1.90. The lowest BCUT2D eigenvalue weighted by Gasteiger charge is -2.13. The largest absolute Gasteiger partial charge is 0.573 e. The van der Waals surface area contributed by atoms with Crippen LogP contribution in [0.4, 0.5) is 18.9 Å². The number of amides is 1. The molecule has 1 aromatic carbocycles. The third-order valence-corrected chi connectivity index (χ3v) is 1.90. The first-order chi connectivity index (χ1) is 8.92. The minimum absolute atomic E-state index is 0.0627. The van der Waals surface area contributed by atoms with Gasteiger partial charge in [-0.05, 0) is 12.1 Å². The number of anilines is 1. The lowest BCUT2D eigenvalue weighted by molar-refractivity contribution is -0.274. The molecule has 0 fully saturated rings. The van der Waals surface area contributed by atoms with Crippen molar-refractivity contribution in [3.05, 3.63) is 24.3 Å². The van der Waals surface area contributed by atoms with Crippen LogP contribution in [-0.4, -0.2) is 25.4 Å². The summed E-state index contributed by atoms with van der Waals surface area (Å²) in [5.74, 6) is 1.27. The van der Waals surface area contributed by atoms with E-state index in [2.05, 4.69) is 21.3 Å². The Kier molecular flexibility index (Phi) is 5.21. The van der Waals surface area contributed by atoms with E-state index in [1.54, 1.807) is 0 Å². The first-order valence-electron chi connectivity index (χ1n) is 5.21. The molecule has 4 nitrogen and oxygen atoms in total. The molecule has 102 valence electrons. The molecule has 0 radical (unpaired) electrons. The molecule has 1 rings (SSSR count). The molecule has 0 aliphatic heterocycles. The van der Waals surface area contributed by atoms with Crippen LogP contribution in [0, 0.1) is 12.3 Å². The van der Waals surface area contributed by atoms with Gasteiger partial charge in [0, 0.05) is 0 Å². The summed E-state index contributed by atoms with van der Waals surface area (Å²) >= 11 is 0. The molecule has 2 N–H and O–H groups in total. The molecular formula is C12H11F3N2O2. The molecule has 1 aromatic rings. The summed E-state index contributed by atoms with van der Waals surface area (Å²) in [4.78, 5) is 11.4. The van der Waals surface area contributed by atoms with Gasteiger partial charge in [-0.3, -0.25) is 10.1 Å². The van der Waals surface area contributed by atoms with E-state index in [0.717, 1.165) is 6.07 Å². The van der Waals surface area contributed by atoms with Gasteiger partial charge in [0.1, 0.15) is 0 Å². The lowest BCUT2D eigenvalue weighted by Crippen LogP contribution is -2.28. The summed E-state index contributed by atoms with van der Waals surface area (Å²) in [6.45, 7) is 0.0820. The van der Waals surface area contributed by atoms with Crippen LogP contribution in [0.5, 0.6) is 5.75 Å². The molecule has 0 aliphatic carbocycles. The maximum Gasteiger partial charge on any atom is 0.573 e. The van der Waals surface area contributed by atoms with Crippen LogP contribution in [-0.2, 0) is 4.79 Å². The van der Waals surface area contributed by atoms with E-state index in [9.17, 15) is 18.0 Å². The van der Waals surface area contributed by atoms with Gasteiger partial charge in [0.2, 0.25) is 5.91 Å². The van der Waals surface area contributed by atoms with Gasteiger partial charge in [-0.15, -0.1) is 19.6 Å². The maximum absolute atomic E-state index is 12.1. The molecule has 0 spiro atoms. The van der Waals surface area contributed by atoms with Gasteiger partial charge in [-0.25, -0.2) is 0 Å². The van der Waals surface area contributed by atoms with Crippen molar-refractivity contribution in [2.75, 3.05) is 18.4 Å². The Morgan fingerprint density at radius 3 is 2.68 bits per heavy atom. The van der Waals surface area contributed by atoms with Gasteiger partial charge in [-0.2, -0.15) is 0 Å². The van der Waals surface area contributed by atoms with E-state index in [-0.39, 0.29) is 18.8 Å². The highest BCUT2D eigenvalue weighted by Crippen LogP contribution is 2.29. The minimum Gasteiger partial charge on any atom is -0.404 e. The first-order valence-corrected chi connectivity index (χ1v) is 5.21. The molecular weight excluding hydrogens is 261 g/mol. The van der Waals surface area contributed by atoms with Crippen molar-refractivity contribution in [1.29, 1.82) is 0 Å². The van der Waals surface area contributed by atoms with E-state index < -0.39 is 18.0 Å². The summed E-state index contributed by atoms with van der Waals surface area (Å²) in [5.41, 5.74) is -0.0627. The molecule has 19 heavy (non-hydrogen) atoms. The van der Waals surface area contributed by atoms with Crippen molar-refractivity contribution in [2.45, 2.75) is 6.36 Å². The summed E-state index contributed by atoms with van der Waals surface area (Å²) < 4.78 is 40.2. The van der Waals surface area contributed by atoms with Gasteiger partial charge in [0.05, 0.1) is 18.8 Å². The van der Waals surface area contributed by atoms with E-state index in [4.69, 9.17) is 6.42 Å². The highest BCUT2D eigenvalue weighted by atomic mass is 19.4. The molecule has 0 saturated heterocycles. The Balaban J connectivity index is 2.68. The van der Waals surface area contributed by atoms with Crippen LogP contribution < -0.4 is 15.4 Å². The fraction of sp³-hybridized carbons (Fsp3) is 0.250. The molecule has 0 unspecified atom stereocenters. The Bertz CT molecular complexity index is 481. The van der Waals surface area contributed by atoms with E-state index >= 15 is 0 Å². The van der Waals surface area contributed by atoms with Crippen LogP contribution in [0.3, 0.4) is 0 Å². The van der Waals surface area contributed by atoms with Gasteiger partial charge in [0.15, 0.2) is 5.75 Å². The number of halogens is 3. The fourth-order valence-corrected chi connectivity index (χ4v) is 1.23. The van der Waals surface area contributed by atoms with Crippen LogP contribution in [0.15, 0.2) is 24.3 Å². The number of hydrogen-bond donors (Lipinski definition) is 2. The first kappa shape index (κ1) is 14.9. The van der Waals surface area contributed by atoms with E-state index in [1.165, 1.54) is 18.2 Å². The second kappa shape index (κ2) is 6.66. The highest BCUT2D eigenvalue weighted by molar-refractivity contribution is 5.93. The quantitative estimate of drug-likeness (QED) is 0.634. The number of terminal acetylenes is 1. The van der Waals surface area contributed by atoms with Crippen molar-refractivity contribution in [1.82, 2.24) is 5.32 Å². The topological polar surface area (TPSA) is 50.4 Å². The molecule has 7 heteroatoms. The predicted octanol–water partition coefficient (Wildman–Crippen LogP) is 1.75. The highest BCUT2D eigenvalue weighted by Gasteiger charge is 2.32. The zero-order valence-corrected chi connectivity index (χ0v) is 9.75. The number of carbonyl (C=O) groups excluding carboxylic acids is 1. The number of nitrogens with one attached hydrogen (secondary N) is 2. The van der Waals surface area contributed by atoms with Crippen LogP contribution >= 0.6 is 0 Å². The average molecular weight is 272 g/mol.